The van der Waals surface area contributed by atoms with Crippen molar-refractivity contribution in [2.75, 3.05) is 13.2 Å². The maximum Gasteiger partial charge on any atom is 0.305 e. The molecule has 0 saturated heterocycles. The normalized spacial score (nSPS) is 12.7. The summed E-state index contributed by atoms with van der Waals surface area (Å²) in [4.78, 5) is 24.5. The minimum Gasteiger partial charge on any atom is -0.466 e. The Balaban J connectivity index is 3.39. The van der Waals surface area contributed by atoms with Gasteiger partial charge in [-0.25, -0.2) is 0 Å². The quantitative estimate of drug-likeness (QED) is 0.0321. The number of unbranched alkanes of at least 4 members (excludes halogenated alkanes) is 44. The van der Waals surface area contributed by atoms with Crippen molar-refractivity contribution < 1.29 is 24.5 Å². The van der Waals surface area contributed by atoms with Gasteiger partial charge in [-0.1, -0.05) is 301 Å². The molecule has 0 spiro atoms. The molecular weight excluding hydrogens is 863 g/mol. The SMILES string of the molecule is CCCCCCCCCCCCCCCC(O)C(CO)NC(=O)CCCCCCCCCCCCCCC/C=C\C/C=C\CCCCCCCCCCCOC(=O)CCCCCCCCCCCCC. The number of carbonyl (C=O) groups is 2. The maximum atomic E-state index is 12.5. The molecule has 0 fully saturated rings. The van der Waals surface area contributed by atoms with Gasteiger partial charge >= 0.3 is 5.97 Å². The lowest BCUT2D eigenvalue weighted by Gasteiger charge is -2.22. The fourth-order valence-electron chi connectivity index (χ4n) is 9.91. The third-order valence-electron chi connectivity index (χ3n) is 14.8. The third kappa shape index (κ3) is 55.7. The summed E-state index contributed by atoms with van der Waals surface area (Å²) in [5.41, 5.74) is 0. The lowest BCUT2D eigenvalue weighted by molar-refractivity contribution is -0.143. The largest absolute Gasteiger partial charge is 0.466 e. The Morgan fingerprint density at radius 2 is 0.714 bits per heavy atom. The number of nitrogens with one attached hydrogen (secondary N) is 1. The molecule has 2 unspecified atom stereocenters. The van der Waals surface area contributed by atoms with E-state index in [1.807, 2.05) is 0 Å². The zero-order valence-electron chi connectivity index (χ0n) is 47.3. The van der Waals surface area contributed by atoms with Gasteiger partial charge in [0.25, 0.3) is 0 Å². The Kier molecular flexibility index (Phi) is 58.5. The Bertz CT molecular complexity index is 1090. The van der Waals surface area contributed by atoms with E-state index in [1.165, 1.54) is 270 Å². The molecule has 70 heavy (non-hydrogen) atoms. The fourth-order valence-corrected chi connectivity index (χ4v) is 9.91. The highest BCUT2D eigenvalue weighted by molar-refractivity contribution is 5.76. The summed E-state index contributed by atoms with van der Waals surface area (Å²) in [7, 11) is 0. The molecule has 0 saturated carbocycles. The summed E-state index contributed by atoms with van der Waals surface area (Å²) in [6, 6.07) is -0.541. The standard InChI is InChI=1S/C64H123NO5/c1-3-5-7-9-11-13-15-33-37-40-44-48-52-56-62(67)61(60-66)65-63(68)57-53-49-45-41-38-34-31-29-27-25-23-21-19-17-16-18-20-22-24-26-28-30-32-35-39-43-47-51-55-59-70-64(69)58-54-50-46-42-36-14-12-10-8-6-4-2/h16,18,22,24,61-62,66-67H,3-15,17,19-21,23,25-60H2,1-2H3,(H,65,68)/b18-16-,24-22-. The molecule has 6 nitrogen and oxygen atoms in total. The Morgan fingerprint density at radius 1 is 0.400 bits per heavy atom. The topological polar surface area (TPSA) is 95.9 Å². The van der Waals surface area contributed by atoms with Crippen molar-refractivity contribution in [1.29, 1.82) is 0 Å². The summed E-state index contributed by atoms with van der Waals surface area (Å²) in [6.45, 7) is 4.96. The van der Waals surface area contributed by atoms with Crippen LogP contribution in [0.25, 0.3) is 0 Å². The van der Waals surface area contributed by atoms with E-state index < -0.39 is 12.1 Å². The number of esters is 1. The van der Waals surface area contributed by atoms with Crippen molar-refractivity contribution >= 4 is 11.9 Å². The van der Waals surface area contributed by atoms with Crippen molar-refractivity contribution in [3.8, 4) is 0 Å². The number of carbonyl (C=O) groups excluding carboxylic acids is 2. The van der Waals surface area contributed by atoms with Crippen LogP contribution in [0.2, 0.25) is 0 Å². The molecular formula is C64H123NO5. The number of allylic oxidation sites excluding steroid dienone is 4. The van der Waals surface area contributed by atoms with E-state index >= 15 is 0 Å². The monoisotopic (exact) mass is 986 g/mol. The summed E-state index contributed by atoms with van der Waals surface area (Å²) >= 11 is 0. The highest BCUT2D eigenvalue weighted by Crippen LogP contribution is 2.18. The van der Waals surface area contributed by atoms with Crippen molar-refractivity contribution in [3.63, 3.8) is 0 Å². The second-order valence-corrected chi connectivity index (χ2v) is 21.7. The van der Waals surface area contributed by atoms with Gasteiger partial charge in [0.2, 0.25) is 5.91 Å². The van der Waals surface area contributed by atoms with Gasteiger partial charge in [-0.3, -0.25) is 9.59 Å². The molecule has 0 bridgehead atoms. The van der Waals surface area contributed by atoms with E-state index in [0.29, 0.717) is 25.9 Å². The molecule has 0 aliphatic rings. The van der Waals surface area contributed by atoms with Crippen molar-refractivity contribution in [2.24, 2.45) is 0 Å². The first-order valence-corrected chi connectivity index (χ1v) is 31.6. The lowest BCUT2D eigenvalue weighted by atomic mass is 10.0. The zero-order chi connectivity index (χ0) is 50.7. The molecule has 0 heterocycles. The zero-order valence-corrected chi connectivity index (χ0v) is 47.3. The molecule has 0 radical (unpaired) electrons. The van der Waals surface area contributed by atoms with Crippen LogP contribution in [-0.2, 0) is 14.3 Å². The van der Waals surface area contributed by atoms with Crippen molar-refractivity contribution in [1.82, 2.24) is 5.32 Å². The molecule has 0 aromatic heterocycles. The van der Waals surface area contributed by atoms with E-state index in [1.54, 1.807) is 0 Å². The Hall–Kier alpha value is -1.66. The minimum atomic E-state index is -0.664. The molecule has 0 aliphatic carbocycles. The number of rotatable bonds is 59. The minimum absolute atomic E-state index is 0.0119. The molecule has 3 N–H and O–H groups in total. The van der Waals surface area contributed by atoms with E-state index in [9.17, 15) is 19.8 Å². The molecule has 0 aromatic rings. The van der Waals surface area contributed by atoms with E-state index in [4.69, 9.17) is 4.74 Å². The summed E-state index contributed by atoms with van der Waals surface area (Å²) in [5.74, 6) is -0.0227. The van der Waals surface area contributed by atoms with Crippen molar-refractivity contribution in [2.45, 2.75) is 360 Å². The van der Waals surface area contributed by atoms with Crippen LogP contribution in [0.15, 0.2) is 24.3 Å². The number of aliphatic hydroxyl groups is 2. The highest BCUT2D eigenvalue weighted by Gasteiger charge is 2.20. The second-order valence-electron chi connectivity index (χ2n) is 21.7. The van der Waals surface area contributed by atoms with Crippen LogP contribution in [0.3, 0.4) is 0 Å². The van der Waals surface area contributed by atoms with Crippen LogP contribution >= 0.6 is 0 Å². The van der Waals surface area contributed by atoms with Gasteiger partial charge in [0.15, 0.2) is 0 Å². The molecule has 1 amide bonds. The van der Waals surface area contributed by atoms with Crippen LogP contribution in [0.1, 0.15) is 348 Å². The summed E-state index contributed by atoms with van der Waals surface area (Å²) in [6.07, 6.45) is 73.4. The Morgan fingerprint density at radius 3 is 1.09 bits per heavy atom. The molecule has 0 aromatic carbocycles. The van der Waals surface area contributed by atoms with E-state index in [0.717, 1.165) is 44.9 Å². The van der Waals surface area contributed by atoms with Crippen LogP contribution < -0.4 is 5.32 Å². The smallest absolute Gasteiger partial charge is 0.305 e. The average molecular weight is 987 g/mol. The number of hydrogen-bond donors (Lipinski definition) is 3. The molecule has 0 aliphatic heterocycles. The molecule has 414 valence electrons. The van der Waals surface area contributed by atoms with Gasteiger partial charge < -0.3 is 20.3 Å². The van der Waals surface area contributed by atoms with Crippen LogP contribution in [-0.4, -0.2) is 47.4 Å². The van der Waals surface area contributed by atoms with Crippen LogP contribution in [0.4, 0.5) is 0 Å². The highest BCUT2D eigenvalue weighted by atomic mass is 16.5. The fraction of sp³-hybridized carbons (Fsp3) is 0.906. The molecule has 6 heteroatoms. The maximum absolute atomic E-state index is 12.5. The van der Waals surface area contributed by atoms with Gasteiger partial charge in [0, 0.05) is 12.8 Å². The Labute approximate surface area is 437 Å². The van der Waals surface area contributed by atoms with Gasteiger partial charge in [-0.05, 0) is 57.8 Å². The number of ether oxygens (including phenoxy) is 1. The van der Waals surface area contributed by atoms with Gasteiger partial charge in [-0.2, -0.15) is 0 Å². The summed E-state index contributed by atoms with van der Waals surface area (Å²) in [5, 5.41) is 23.3. The molecule has 2 atom stereocenters. The first-order valence-electron chi connectivity index (χ1n) is 31.6. The number of aliphatic hydroxyl groups excluding tert-OH is 2. The first kappa shape index (κ1) is 68.3. The van der Waals surface area contributed by atoms with Gasteiger partial charge in [-0.15, -0.1) is 0 Å². The van der Waals surface area contributed by atoms with Gasteiger partial charge in [0.1, 0.15) is 0 Å². The number of amides is 1. The average Bonchev–Trinajstić information content (AvgIpc) is 3.36. The number of hydrogen-bond acceptors (Lipinski definition) is 5. The van der Waals surface area contributed by atoms with Crippen LogP contribution in [0, 0.1) is 0 Å². The molecule has 0 rings (SSSR count). The van der Waals surface area contributed by atoms with E-state index in [2.05, 4.69) is 43.5 Å². The van der Waals surface area contributed by atoms with Crippen molar-refractivity contribution in [3.05, 3.63) is 24.3 Å². The summed E-state index contributed by atoms with van der Waals surface area (Å²) < 4.78 is 5.46. The predicted molar refractivity (Wildman–Crippen MR) is 306 cm³/mol. The second kappa shape index (κ2) is 59.9. The third-order valence-corrected chi connectivity index (χ3v) is 14.8. The lowest BCUT2D eigenvalue weighted by Crippen LogP contribution is -2.45. The van der Waals surface area contributed by atoms with E-state index in [-0.39, 0.29) is 18.5 Å². The predicted octanol–water partition coefficient (Wildman–Crippen LogP) is 19.8. The van der Waals surface area contributed by atoms with Crippen LogP contribution in [0.5, 0.6) is 0 Å². The first-order chi connectivity index (χ1) is 34.5. The van der Waals surface area contributed by atoms with Gasteiger partial charge in [0.05, 0.1) is 25.4 Å².